The van der Waals surface area contributed by atoms with Gasteiger partial charge < -0.3 is 9.64 Å². The molecule has 0 aliphatic rings. The number of benzene rings is 2. The Hall–Kier alpha value is -1.80. The number of ether oxygens (including phenoxy) is 1. The quantitative estimate of drug-likeness (QED) is 0.828. The van der Waals surface area contributed by atoms with Crippen molar-refractivity contribution in [2.45, 2.75) is 20.5 Å². The molecule has 0 unspecified atom stereocenters. The lowest BCUT2D eigenvalue weighted by Crippen LogP contribution is -2.08. The summed E-state index contributed by atoms with van der Waals surface area (Å²) in [6.07, 6.45) is 0. The van der Waals surface area contributed by atoms with E-state index in [4.69, 9.17) is 4.74 Å². The lowest BCUT2D eigenvalue weighted by Gasteiger charge is -2.06. The van der Waals surface area contributed by atoms with Gasteiger partial charge in [-0.3, -0.25) is 0 Å². The largest absolute Gasteiger partial charge is 0.489 e. The van der Waals surface area contributed by atoms with Crippen LogP contribution in [0.25, 0.3) is 0 Å². The molecule has 0 aliphatic carbocycles. The number of aryl methyl sites for hydroxylation is 1. The fourth-order valence-electron chi connectivity index (χ4n) is 1.38. The predicted octanol–water partition coefficient (Wildman–Crippen LogP) is 4.14. The standard InChI is InChI=1S/C14H14O.C4H11N/c1-12-7-9-14(10-8-12)15-11-13-5-3-2-4-6-13;1-4-5(2)3/h2-10H,11H2,1H3;4H2,1-3H3. The molecule has 108 valence electrons. The lowest BCUT2D eigenvalue weighted by molar-refractivity contribution is 0.306. The summed E-state index contributed by atoms with van der Waals surface area (Å²) in [6, 6.07) is 18.3. The molecule has 2 nitrogen and oxygen atoms in total. The number of hydrogen-bond acceptors (Lipinski definition) is 2. The summed E-state index contributed by atoms with van der Waals surface area (Å²) in [7, 11) is 4.11. The Balaban J connectivity index is 0.000000347. The number of rotatable bonds is 4. The van der Waals surface area contributed by atoms with Gasteiger partial charge in [-0.15, -0.1) is 0 Å². The van der Waals surface area contributed by atoms with Crippen molar-refractivity contribution in [3.05, 3.63) is 65.7 Å². The first-order valence-corrected chi connectivity index (χ1v) is 7.00. The fraction of sp³-hybridized carbons (Fsp3) is 0.333. The highest BCUT2D eigenvalue weighted by Crippen LogP contribution is 2.13. The van der Waals surface area contributed by atoms with Gasteiger partial charge in [0.15, 0.2) is 0 Å². The van der Waals surface area contributed by atoms with E-state index in [2.05, 4.69) is 57.1 Å². The van der Waals surface area contributed by atoms with Crippen LogP contribution in [0.1, 0.15) is 18.1 Å². The highest BCUT2D eigenvalue weighted by molar-refractivity contribution is 5.26. The summed E-state index contributed by atoms with van der Waals surface area (Å²) in [5.74, 6) is 0.921. The first-order chi connectivity index (χ1) is 9.61. The van der Waals surface area contributed by atoms with Crippen molar-refractivity contribution in [1.29, 1.82) is 0 Å². The Labute approximate surface area is 123 Å². The van der Waals surface area contributed by atoms with Crippen LogP contribution in [0.5, 0.6) is 5.75 Å². The summed E-state index contributed by atoms with van der Waals surface area (Å²) >= 11 is 0. The Bertz CT molecular complexity index is 463. The van der Waals surface area contributed by atoms with Gasteiger partial charge in [0.1, 0.15) is 12.4 Å². The van der Waals surface area contributed by atoms with Gasteiger partial charge in [-0.1, -0.05) is 55.0 Å². The van der Waals surface area contributed by atoms with E-state index < -0.39 is 0 Å². The first kappa shape index (κ1) is 16.3. The van der Waals surface area contributed by atoms with Crippen LogP contribution in [0.15, 0.2) is 54.6 Å². The molecule has 2 aromatic rings. The van der Waals surface area contributed by atoms with Gasteiger partial charge >= 0.3 is 0 Å². The minimum atomic E-state index is 0.629. The Morgan fingerprint density at radius 1 is 0.900 bits per heavy atom. The van der Waals surface area contributed by atoms with Crippen molar-refractivity contribution in [3.8, 4) is 5.75 Å². The molecule has 2 heteroatoms. The molecule has 0 radical (unpaired) electrons. The molecule has 20 heavy (non-hydrogen) atoms. The van der Waals surface area contributed by atoms with Gasteiger partial charge in [0, 0.05) is 0 Å². The number of hydrogen-bond donors (Lipinski definition) is 0. The van der Waals surface area contributed by atoms with E-state index in [0.717, 1.165) is 12.3 Å². The minimum absolute atomic E-state index is 0.629. The minimum Gasteiger partial charge on any atom is -0.489 e. The van der Waals surface area contributed by atoms with Crippen molar-refractivity contribution in [3.63, 3.8) is 0 Å². The second-order valence-electron chi connectivity index (χ2n) is 4.98. The molecule has 0 amide bonds. The molecule has 0 saturated carbocycles. The van der Waals surface area contributed by atoms with Crippen molar-refractivity contribution >= 4 is 0 Å². The molecule has 0 heterocycles. The van der Waals surface area contributed by atoms with Crippen LogP contribution in [0.4, 0.5) is 0 Å². The van der Waals surface area contributed by atoms with E-state index in [1.165, 1.54) is 11.1 Å². The molecule has 0 spiro atoms. The molecular weight excluding hydrogens is 246 g/mol. The van der Waals surface area contributed by atoms with Gasteiger partial charge in [-0.25, -0.2) is 0 Å². The maximum Gasteiger partial charge on any atom is 0.119 e. The van der Waals surface area contributed by atoms with Gasteiger partial charge in [0.25, 0.3) is 0 Å². The van der Waals surface area contributed by atoms with Gasteiger partial charge in [-0.05, 0) is 45.3 Å². The smallest absolute Gasteiger partial charge is 0.119 e. The topological polar surface area (TPSA) is 12.5 Å². The Morgan fingerprint density at radius 3 is 1.95 bits per heavy atom. The van der Waals surface area contributed by atoms with Crippen molar-refractivity contribution in [2.75, 3.05) is 20.6 Å². The Morgan fingerprint density at radius 2 is 1.45 bits per heavy atom. The summed E-state index contributed by atoms with van der Waals surface area (Å²) in [4.78, 5) is 2.12. The maximum atomic E-state index is 5.65. The van der Waals surface area contributed by atoms with Crippen LogP contribution in [0.2, 0.25) is 0 Å². The third kappa shape index (κ3) is 6.95. The normalized spacial score (nSPS) is 9.85. The summed E-state index contributed by atoms with van der Waals surface area (Å²) < 4.78 is 5.65. The second kappa shape index (κ2) is 9.16. The monoisotopic (exact) mass is 271 g/mol. The molecule has 0 aliphatic heterocycles. The van der Waals surface area contributed by atoms with Crippen LogP contribution in [-0.2, 0) is 6.61 Å². The van der Waals surface area contributed by atoms with Crippen molar-refractivity contribution in [2.24, 2.45) is 0 Å². The molecule has 0 saturated heterocycles. The van der Waals surface area contributed by atoms with Crippen LogP contribution in [0.3, 0.4) is 0 Å². The second-order valence-corrected chi connectivity index (χ2v) is 4.98. The SMILES string of the molecule is CCN(C)C.Cc1ccc(OCc2ccccc2)cc1. The zero-order chi connectivity index (χ0) is 14.8. The van der Waals surface area contributed by atoms with E-state index in [1.54, 1.807) is 0 Å². The Kier molecular flexibility index (Phi) is 7.44. The maximum absolute atomic E-state index is 5.65. The molecular formula is C18H25NO. The fourth-order valence-corrected chi connectivity index (χ4v) is 1.38. The third-order valence-electron chi connectivity index (χ3n) is 2.90. The van der Waals surface area contributed by atoms with Crippen molar-refractivity contribution < 1.29 is 4.74 Å². The van der Waals surface area contributed by atoms with E-state index in [0.29, 0.717) is 6.61 Å². The molecule has 0 bridgehead atoms. The van der Waals surface area contributed by atoms with E-state index >= 15 is 0 Å². The summed E-state index contributed by atoms with van der Waals surface area (Å²) in [5.41, 5.74) is 2.44. The molecule has 2 rings (SSSR count). The van der Waals surface area contributed by atoms with Crippen molar-refractivity contribution in [1.82, 2.24) is 4.90 Å². The molecule has 0 atom stereocenters. The average molecular weight is 271 g/mol. The summed E-state index contributed by atoms with van der Waals surface area (Å²) in [6.45, 7) is 5.96. The summed E-state index contributed by atoms with van der Waals surface area (Å²) in [5, 5.41) is 0. The van der Waals surface area contributed by atoms with E-state index in [1.807, 2.05) is 30.3 Å². The first-order valence-electron chi connectivity index (χ1n) is 7.00. The number of nitrogens with zero attached hydrogens (tertiary/aromatic N) is 1. The van der Waals surface area contributed by atoms with Crippen LogP contribution >= 0.6 is 0 Å². The van der Waals surface area contributed by atoms with Crippen LogP contribution in [0, 0.1) is 6.92 Å². The van der Waals surface area contributed by atoms with Crippen LogP contribution in [-0.4, -0.2) is 25.5 Å². The highest BCUT2D eigenvalue weighted by atomic mass is 16.5. The van der Waals surface area contributed by atoms with Crippen LogP contribution < -0.4 is 4.74 Å². The predicted molar refractivity (Wildman–Crippen MR) is 86.2 cm³/mol. The highest BCUT2D eigenvalue weighted by Gasteiger charge is 1.94. The van der Waals surface area contributed by atoms with E-state index in [-0.39, 0.29) is 0 Å². The molecule has 0 aromatic heterocycles. The van der Waals surface area contributed by atoms with Gasteiger partial charge in [0.05, 0.1) is 0 Å². The zero-order valence-corrected chi connectivity index (χ0v) is 13.0. The zero-order valence-electron chi connectivity index (χ0n) is 13.0. The van der Waals surface area contributed by atoms with Gasteiger partial charge in [0.2, 0.25) is 0 Å². The van der Waals surface area contributed by atoms with E-state index in [9.17, 15) is 0 Å². The van der Waals surface area contributed by atoms with Gasteiger partial charge in [-0.2, -0.15) is 0 Å². The molecule has 2 aromatic carbocycles. The average Bonchev–Trinajstić information content (AvgIpc) is 2.48. The lowest BCUT2D eigenvalue weighted by atomic mass is 10.2. The molecule has 0 N–H and O–H groups in total. The third-order valence-corrected chi connectivity index (χ3v) is 2.90. The molecule has 0 fully saturated rings.